The summed E-state index contributed by atoms with van der Waals surface area (Å²) in [7, 11) is 1.73. The normalized spacial score (nSPS) is 25.0. The van der Waals surface area contributed by atoms with Gasteiger partial charge in [0.2, 0.25) is 0 Å². The van der Waals surface area contributed by atoms with Gasteiger partial charge in [-0.15, -0.1) is 0 Å². The van der Waals surface area contributed by atoms with E-state index in [1.54, 1.807) is 7.11 Å². The zero-order valence-electron chi connectivity index (χ0n) is 8.57. The summed E-state index contributed by atoms with van der Waals surface area (Å²) in [6.45, 7) is 1.52. The molecule has 0 amide bonds. The summed E-state index contributed by atoms with van der Waals surface area (Å²) in [6, 6.07) is 8.64. The van der Waals surface area contributed by atoms with Crippen LogP contribution in [0.15, 0.2) is 24.3 Å². The van der Waals surface area contributed by atoms with Crippen molar-refractivity contribution in [1.29, 1.82) is 0 Å². The van der Waals surface area contributed by atoms with Crippen LogP contribution in [0.25, 0.3) is 0 Å². The highest BCUT2D eigenvalue weighted by molar-refractivity contribution is 5.30. The number of benzene rings is 1. The van der Waals surface area contributed by atoms with Gasteiger partial charge >= 0.3 is 0 Å². The van der Waals surface area contributed by atoms with Gasteiger partial charge in [-0.05, 0) is 35.9 Å². The molecular formula is C12H17NO. The first-order valence-corrected chi connectivity index (χ1v) is 5.13. The second-order valence-corrected chi connectivity index (χ2v) is 4.02. The van der Waals surface area contributed by atoms with E-state index in [1.165, 1.54) is 17.5 Å². The minimum absolute atomic E-state index is 0.702. The Balaban J connectivity index is 2.07. The van der Waals surface area contributed by atoms with Crippen molar-refractivity contribution in [2.24, 2.45) is 11.7 Å². The molecule has 1 aromatic rings. The minimum Gasteiger partial charge on any atom is -0.380 e. The topological polar surface area (TPSA) is 35.2 Å². The van der Waals surface area contributed by atoms with Crippen molar-refractivity contribution in [3.05, 3.63) is 35.4 Å². The molecule has 1 aliphatic carbocycles. The molecule has 2 atom stereocenters. The highest BCUT2D eigenvalue weighted by atomic mass is 16.5. The van der Waals surface area contributed by atoms with Crippen molar-refractivity contribution in [2.45, 2.75) is 18.9 Å². The van der Waals surface area contributed by atoms with Gasteiger partial charge in [0.25, 0.3) is 0 Å². The van der Waals surface area contributed by atoms with Crippen LogP contribution in [0.2, 0.25) is 0 Å². The Bertz CT molecular complexity index is 311. The third-order valence-corrected chi connectivity index (χ3v) is 2.92. The van der Waals surface area contributed by atoms with Crippen LogP contribution in [-0.4, -0.2) is 13.7 Å². The molecule has 0 bridgehead atoms. The first-order chi connectivity index (χ1) is 6.85. The second kappa shape index (κ2) is 4.11. The van der Waals surface area contributed by atoms with Crippen LogP contribution in [-0.2, 0) is 11.3 Å². The summed E-state index contributed by atoms with van der Waals surface area (Å²) in [4.78, 5) is 0. The third-order valence-electron chi connectivity index (χ3n) is 2.92. The summed E-state index contributed by atoms with van der Waals surface area (Å²) in [5.41, 5.74) is 8.32. The largest absolute Gasteiger partial charge is 0.380 e. The van der Waals surface area contributed by atoms with Gasteiger partial charge in [-0.25, -0.2) is 0 Å². The average molecular weight is 191 g/mol. The highest BCUT2D eigenvalue weighted by Gasteiger charge is 2.36. The lowest BCUT2D eigenvalue weighted by Crippen LogP contribution is -2.02. The minimum atomic E-state index is 0.702. The summed E-state index contributed by atoms with van der Waals surface area (Å²) < 4.78 is 5.11. The number of rotatable bonds is 4. The molecule has 0 radical (unpaired) electrons. The molecule has 1 fully saturated rings. The maximum absolute atomic E-state index is 5.63. The van der Waals surface area contributed by atoms with Gasteiger partial charge in [-0.1, -0.05) is 24.3 Å². The fourth-order valence-corrected chi connectivity index (χ4v) is 2.00. The smallest absolute Gasteiger partial charge is 0.0713 e. The molecule has 1 aromatic carbocycles. The van der Waals surface area contributed by atoms with E-state index in [0.717, 1.165) is 6.54 Å². The quantitative estimate of drug-likeness (QED) is 0.788. The molecule has 1 aliphatic rings. The van der Waals surface area contributed by atoms with E-state index in [2.05, 4.69) is 24.3 Å². The van der Waals surface area contributed by atoms with E-state index in [4.69, 9.17) is 10.5 Å². The molecule has 14 heavy (non-hydrogen) atoms. The Morgan fingerprint density at radius 2 is 2.36 bits per heavy atom. The molecule has 2 rings (SSSR count). The van der Waals surface area contributed by atoms with Crippen LogP contribution < -0.4 is 5.73 Å². The fourth-order valence-electron chi connectivity index (χ4n) is 2.00. The fraction of sp³-hybridized carbons (Fsp3) is 0.500. The second-order valence-electron chi connectivity index (χ2n) is 4.02. The SMILES string of the molecule is COCc1cccc([C@@H]2C[C@H]2CN)c1. The van der Waals surface area contributed by atoms with E-state index in [9.17, 15) is 0 Å². The van der Waals surface area contributed by atoms with Crippen LogP contribution in [0, 0.1) is 5.92 Å². The molecule has 0 unspecified atom stereocenters. The van der Waals surface area contributed by atoms with E-state index in [-0.39, 0.29) is 0 Å². The molecule has 0 saturated heterocycles. The van der Waals surface area contributed by atoms with Crippen molar-refractivity contribution in [3.8, 4) is 0 Å². The van der Waals surface area contributed by atoms with Crippen molar-refractivity contribution in [3.63, 3.8) is 0 Å². The maximum Gasteiger partial charge on any atom is 0.0713 e. The Hall–Kier alpha value is -0.860. The molecule has 1 saturated carbocycles. The molecule has 2 N–H and O–H groups in total. The predicted octanol–water partition coefficient (Wildman–Crippen LogP) is 1.90. The van der Waals surface area contributed by atoms with Crippen molar-refractivity contribution >= 4 is 0 Å². The average Bonchev–Trinajstić information content (AvgIpc) is 2.98. The molecule has 0 heterocycles. The van der Waals surface area contributed by atoms with Crippen LogP contribution in [0.1, 0.15) is 23.5 Å². The van der Waals surface area contributed by atoms with Crippen molar-refractivity contribution < 1.29 is 4.74 Å². The molecule has 0 spiro atoms. The summed E-state index contributed by atoms with van der Waals surface area (Å²) in [5, 5.41) is 0. The van der Waals surface area contributed by atoms with E-state index in [1.807, 2.05) is 0 Å². The Morgan fingerprint density at radius 3 is 3.00 bits per heavy atom. The molecular weight excluding hydrogens is 174 g/mol. The van der Waals surface area contributed by atoms with Crippen LogP contribution in [0.5, 0.6) is 0 Å². The van der Waals surface area contributed by atoms with E-state index >= 15 is 0 Å². The number of methoxy groups -OCH3 is 1. The number of nitrogens with two attached hydrogens (primary N) is 1. The third kappa shape index (κ3) is 1.97. The number of ether oxygens (including phenoxy) is 1. The van der Waals surface area contributed by atoms with Gasteiger partial charge in [-0.2, -0.15) is 0 Å². The first-order valence-electron chi connectivity index (χ1n) is 5.13. The van der Waals surface area contributed by atoms with Gasteiger partial charge in [0.1, 0.15) is 0 Å². The van der Waals surface area contributed by atoms with Crippen LogP contribution in [0.3, 0.4) is 0 Å². The predicted molar refractivity (Wildman–Crippen MR) is 57.1 cm³/mol. The van der Waals surface area contributed by atoms with E-state index in [0.29, 0.717) is 18.4 Å². The van der Waals surface area contributed by atoms with Crippen molar-refractivity contribution in [2.75, 3.05) is 13.7 Å². The number of hydrogen-bond acceptors (Lipinski definition) is 2. The molecule has 2 nitrogen and oxygen atoms in total. The van der Waals surface area contributed by atoms with Crippen molar-refractivity contribution in [1.82, 2.24) is 0 Å². The van der Waals surface area contributed by atoms with E-state index < -0.39 is 0 Å². The summed E-state index contributed by atoms with van der Waals surface area (Å²) in [6.07, 6.45) is 1.26. The lowest BCUT2D eigenvalue weighted by molar-refractivity contribution is 0.185. The van der Waals surface area contributed by atoms with Crippen LogP contribution in [0.4, 0.5) is 0 Å². The first kappa shape index (κ1) is 9.69. The van der Waals surface area contributed by atoms with Gasteiger partial charge in [0.15, 0.2) is 0 Å². The maximum atomic E-state index is 5.63. The number of hydrogen-bond donors (Lipinski definition) is 1. The molecule has 0 aromatic heterocycles. The lowest BCUT2D eigenvalue weighted by atomic mass is 10.1. The Labute approximate surface area is 85.1 Å². The molecule has 2 heteroatoms. The van der Waals surface area contributed by atoms with Gasteiger partial charge in [0, 0.05) is 7.11 Å². The lowest BCUT2D eigenvalue weighted by Gasteiger charge is -2.03. The zero-order chi connectivity index (χ0) is 9.97. The van der Waals surface area contributed by atoms with Gasteiger partial charge in [0.05, 0.1) is 6.61 Å². The monoisotopic (exact) mass is 191 g/mol. The molecule has 0 aliphatic heterocycles. The van der Waals surface area contributed by atoms with Gasteiger partial charge < -0.3 is 10.5 Å². The Morgan fingerprint density at radius 1 is 1.50 bits per heavy atom. The standard InChI is InChI=1S/C12H17NO/c1-14-8-9-3-2-4-10(5-9)12-6-11(12)7-13/h2-5,11-12H,6-8,13H2,1H3/t11-,12-/m0/s1. The molecule has 76 valence electrons. The van der Waals surface area contributed by atoms with Gasteiger partial charge in [-0.3, -0.25) is 0 Å². The summed E-state index contributed by atoms with van der Waals surface area (Å²) >= 11 is 0. The highest BCUT2D eigenvalue weighted by Crippen LogP contribution is 2.46. The zero-order valence-corrected chi connectivity index (χ0v) is 8.57. The summed E-state index contributed by atoms with van der Waals surface area (Å²) in [5.74, 6) is 1.42. The Kier molecular flexibility index (Phi) is 2.85. The van der Waals surface area contributed by atoms with Crippen LogP contribution >= 0.6 is 0 Å².